The van der Waals surface area contributed by atoms with Gasteiger partial charge in [-0.2, -0.15) is 0 Å². The van der Waals surface area contributed by atoms with Gasteiger partial charge in [0, 0.05) is 5.69 Å². The number of hydrogen-bond donors (Lipinski definition) is 1. The number of aromatic nitrogens is 4. The molecule has 0 amide bonds. The Hall–Kier alpha value is -1.91. The van der Waals surface area contributed by atoms with Crippen LogP contribution in [0.4, 0.5) is 5.69 Å². The topological polar surface area (TPSA) is 55.6 Å². The second-order valence-corrected chi connectivity index (χ2v) is 7.37. The third kappa shape index (κ3) is 3.04. The molecule has 2 aliphatic carbocycles. The molecule has 0 unspecified atom stereocenters. The van der Waals surface area contributed by atoms with Crippen molar-refractivity contribution in [3.8, 4) is 0 Å². The van der Waals surface area contributed by atoms with E-state index < -0.39 is 0 Å². The Morgan fingerprint density at radius 2 is 1.62 bits per heavy atom. The summed E-state index contributed by atoms with van der Waals surface area (Å²) in [4.78, 5) is 0. The molecule has 128 valence electrons. The zero-order valence-electron chi connectivity index (χ0n) is 14.3. The van der Waals surface area contributed by atoms with Gasteiger partial charge in [-0.1, -0.05) is 56.7 Å². The average Bonchev–Trinajstić information content (AvgIpc) is 3.15. The molecule has 0 atom stereocenters. The lowest BCUT2D eigenvalue weighted by Gasteiger charge is -2.39. The van der Waals surface area contributed by atoms with Crippen LogP contribution in [-0.4, -0.2) is 20.2 Å². The van der Waals surface area contributed by atoms with E-state index in [0.717, 1.165) is 24.4 Å². The quantitative estimate of drug-likeness (QED) is 0.902. The maximum Gasteiger partial charge on any atom is 0.177 e. The summed E-state index contributed by atoms with van der Waals surface area (Å²) in [6, 6.07) is 11.0. The monoisotopic (exact) mass is 325 g/mol. The van der Waals surface area contributed by atoms with Gasteiger partial charge in [-0.15, -0.1) is 5.10 Å². The first-order valence-electron chi connectivity index (χ1n) is 9.49. The summed E-state index contributed by atoms with van der Waals surface area (Å²) in [6.07, 6.45) is 12.3. The first-order valence-corrected chi connectivity index (χ1v) is 9.49. The van der Waals surface area contributed by atoms with Gasteiger partial charge in [0.15, 0.2) is 5.82 Å². The van der Waals surface area contributed by atoms with Crippen LogP contribution in [0.2, 0.25) is 0 Å². The summed E-state index contributed by atoms with van der Waals surface area (Å²) < 4.78 is 2.15. The van der Waals surface area contributed by atoms with Crippen LogP contribution in [0.3, 0.4) is 0 Å². The summed E-state index contributed by atoms with van der Waals surface area (Å²) in [5.41, 5.74) is 1.04. The molecule has 2 aliphatic rings. The Balaban J connectivity index is 1.68. The van der Waals surface area contributed by atoms with Gasteiger partial charge in [0.25, 0.3) is 0 Å². The van der Waals surface area contributed by atoms with Crippen molar-refractivity contribution in [2.45, 2.75) is 75.8 Å². The Labute approximate surface area is 143 Å². The largest absolute Gasteiger partial charge is 0.373 e. The van der Waals surface area contributed by atoms with Crippen molar-refractivity contribution in [1.82, 2.24) is 20.2 Å². The first kappa shape index (κ1) is 15.6. The van der Waals surface area contributed by atoms with Crippen LogP contribution in [0.25, 0.3) is 0 Å². The van der Waals surface area contributed by atoms with Gasteiger partial charge < -0.3 is 5.32 Å². The maximum atomic E-state index is 4.52. The van der Waals surface area contributed by atoms with Gasteiger partial charge in [0.05, 0.1) is 11.6 Å². The van der Waals surface area contributed by atoms with Crippen LogP contribution in [0.15, 0.2) is 30.3 Å². The molecule has 2 saturated carbocycles. The molecule has 5 heteroatoms. The van der Waals surface area contributed by atoms with E-state index in [2.05, 4.69) is 55.9 Å². The van der Waals surface area contributed by atoms with Crippen molar-refractivity contribution < 1.29 is 0 Å². The van der Waals surface area contributed by atoms with E-state index in [1.807, 2.05) is 0 Å². The highest BCUT2D eigenvalue weighted by atomic mass is 15.6. The fourth-order valence-electron chi connectivity index (χ4n) is 4.44. The standard InChI is InChI=1S/C19H27N5/c1-4-10-16(11-5-1)20-19(14-8-3-9-15-19)18-21-22-23-24(18)17-12-6-2-7-13-17/h1,4-5,10-11,17,20H,2-3,6-9,12-15H2. The molecule has 0 spiro atoms. The summed E-state index contributed by atoms with van der Waals surface area (Å²) in [6.45, 7) is 0. The lowest BCUT2D eigenvalue weighted by atomic mass is 9.80. The molecule has 1 N–H and O–H groups in total. The number of tetrazole rings is 1. The first-order chi connectivity index (χ1) is 11.9. The van der Waals surface area contributed by atoms with E-state index in [0.29, 0.717) is 6.04 Å². The minimum Gasteiger partial charge on any atom is -0.373 e. The molecule has 0 bridgehead atoms. The Kier molecular flexibility index (Phi) is 4.50. The molecule has 0 saturated heterocycles. The highest BCUT2D eigenvalue weighted by Crippen LogP contribution is 2.40. The Morgan fingerprint density at radius 3 is 2.38 bits per heavy atom. The van der Waals surface area contributed by atoms with Crippen molar-refractivity contribution in [3.05, 3.63) is 36.2 Å². The van der Waals surface area contributed by atoms with E-state index in [4.69, 9.17) is 0 Å². The van der Waals surface area contributed by atoms with Crippen molar-refractivity contribution in [3.63, 3.8) is 0 Å². The smallest absolute Gasteiger partial charge is 0.177 e. The van der Waals surface area contributed by atoms with Gasteiger partial charge in [0.2, 0.25) is 0 Å². The third-order valence-corrected chi connectivity index (χ3v) is 5.71. The van der Waals surface area contributed by atoms with E-state index in [1.165, 1.54) is 51.4 Å². The molecule has 1 aromatic heterocycles. The third-order valence-electron chi connectivity index (χ3n) is 5.71. The summed E-state index contributed by atoms with van der Waals surface area (Å²) >= 11 is 0. The number of benzene rings is 1. The summed E-state index contributed by atoms with van der Waals surface area (Å²) in [5, 5.41) is 16.8. The highest BCUT2D eigenvalue weighted by Gasteiger charge is 2.40. The zero-order chi connectivity index (χ0) is 16.2. The van der Waals surface area contributed by atoms with Crippen molar-refractivity contribution in [2.75, 3.05) is 5.32 Å². The Bertz CT molecular complexity index is 639. The van der Waals surface area contributed by atoms with Gasteiger partial charge >= 0.3 is 0 Å². The number of rotatable bonds is 4. The van der Waals surface area contributed by atoms with Crippen molar-refractivity contribution >= 4 is 5.69 Å². The second kappa shape index (κ2) is 6.91. The second-order valence-electron chi connectivity index (χ2n) is 7.37. The van der Waals surface area contributed by atoms with E-state index >= 15 is 0 Å². The molecule has 0 radical (unpaired) electrons. The highest BCUT2D eigenvalue weighted by molar-refractivity contribution is 5.46. The lowest BCUT2D eigenvalue weighted by Crippen LogP contribution is -2.41. The SMILES string of the molecule is c1ccc(NC2(c3nnnn3C3CCCCC3)CCCCC2)cc1. The van der Waals surface area contributed by atoms with E-state index in [-0.39, 0.29) is 5.54 Å². The van der Waals surface area contributed by atoms with Crippen LogP contribution < -0.4 is 5.32 Å². The Morgan fingerprint density at radius 1 is 0.917 bits per heavy atom. The molecule has 2 fully saturated rings. The van der Waals surface area contributed by atoms with Crippen LogP contribution in [0.5, 0.6) is 0 Å². The van der Waals surface area contributed by atoms with E-state index in [9.17, 15) is 0 Å². The lowest BCUT2D eigenvalue weighted by molar-refractivity contribution is 0.263. The maximum absolute atomic E-state index is 4.52. The van der Waals surface area contributed by atoms with Crippen LogP contribution in [0.1, 0.15) is 76.1 Å². The minimum absolute atomic E-state index is 0.124. The number of anilines is 1. The minimum atomic E-state index is -0.124. The molecular formula is C19H27N5. The van der Waals surface area contributed by atoms with Crippen molar-refractivity contribution in [2.24, 2.45) is 0 Å². The van der Waals surface area contributed by atoms with Crippen LogP contribution in [-0.2, 0) is 5.54 Å². The number of hydrogen-bond acceptors (Lipinski definition) is 4. The summed E-state index contributed by atoms with van der Waals surface area (Å²) in [7, 11) is 0. The number of para-hydroxylation sites is 1. The fourth-order valence-corrected chi connectivity index (χ4v) is 4.44. The zero-order valence-corrected chi connectivity index (χ0v) is 14.3. The van der Waals surface area contributed by atoms with Gasteiger partial charge in [-0.05, 0) is 48.2 Å². The predicted octanol–water partition coefficient (Wildman–Crippen LogP) is 4.45. The van der Waals surface area contributed by atoms with Crippen LogP contribution in [0, 0.1) is 0 Å². The van der Waals surface area contributed by atoms with E-state index in [1.54, 1.807) is 0 Å². The van der Waals surface area contributed by atoms with Crippen molar-refractivity contribution in [1.29, 1.82) is 0 Å². The molecule has 2 aromatic rings. The molecule has 4 rings (SSSR count). The van der Waals surface area contributed by atoms with Gasteiger partial charge in [-0.3, -0.25) is 0 Å². The van der Waals surface area contributed by atoms with Gasteiger partial charge in [0.1, 0.15) is 0 Å². The summed E-state index contributed by atoms with van der Waals surface area (Å²) in [5.74, 6) is 1.05. The van der Waals surface area contributed by atoms with Crippen LogP contribution >= 0.6 is 0 Å². The molecule has 0 aliphatic heterocycles. The fraction of sp³-hybridized carbons (Fsp3) is 0.632. The predicted molar refractivity (Wildman–Crippen MR) is 94.8 cm³/mol. The number of nitrogens with zero attached hydrogens (tertiary/aromatic N) is 4. The molecule has 24 heavy (non-hydrogen) atoms. The average molecular weight is 325 g/mol. The molecule has 1 heterocycles. The van der Waals surface area contributed by atoms with Gasteiger partial charge in [-0.25, -0.2) is 4.68 Å². The number of nitrogens with one attached hydrogen (secondary N) is 1. The molecule has 5 nitrogen and oxygen atoms in total. The molecular weight excluding hydrogens is 298 g/mol. The normalized spacial score (nSPS) is 21.5. The molecule has 1 aromatic carbocycles.